The van der Waals surface area contributed by atoms with E-state index in [4.69, 9.17) is 56.9 Å². The van der Waals surface area contributed by atoms with Crippen LogP contribution in [0.25, 0.3) is 0 Å². The molecule has 1 unspecified atom stereocenters. The van der Waals surface area contributed by atoms with Crippen molar-refractivity contribution in [2.75, 3.05) is 34.5 Å². The minimum atomic E-state index is -1.84. The number of aliphatic hydroxyl groups excluding tert-OH is 2. The van der Waals surface area contributed by atoms with Gasteiger partial charge in [-0.2, -0.15) is 0 Å². The number of rotatable bonds is 16. The zero-order valence-electron chi connectivity index (χ0n) is 47.8. The van der Waals surface area contributed by atoms with E-state index in [1.165, 1.54) is 28.3 Å². The van der Waals surface area contributed by atoms with Gasteiger partial charge < -0.3 is 67.2 Å². The highest BCUT2D eigenvalue weighted by Crippen LogP contribution is 2.40. The lowest BCUT2D eigenvalue weighted by Gasteiger charge is -2.45. The van der Waals surface area contributed by atoms with Gasteiger partial charge in [-0.05, 0) is 73.6 Å². The lowest BCUT2D eigenvalue weighted by atomic mass is 9.74. The molecule has 74 heavy (non-hydrogen) atoms. The number of ketones is 1. The van der Waals surface area contributed by atoms with Crippen molar-refractivity contribution in [3.8, 4) is 0 Å². The summed E-state index contributed by atoms with van der Waals surface area (Å²) in [5, 5.41) is 26.7. The van der Waals surface area contributed by atoms with Crippen molar-refractivity contribution >= 4 is 29.4 Å². The summed E-state index contributed by atoms with van der Waals surface area (Å²) in [5.41, 5.74) is -1.54. The molecule has 4 saturated heterocycles. The summed E-state index contributed by atoms with van der Waals surface area (Å²) >= 11 is 0. The fourth-order valence-corrected chi connectivity index (χ4v) is 11.6. The summed E-state index contributed by atoms with van der Waals surface area (Å²) in [5.74, 6) is -7.78. The van der Waals surface area contributed by atoms with Crippen LogP contribution in [0.5, 0.6) is 0 Å². The molecule has 4 aliphatic rings. The SMILES string of the molecule is CON=C1C[C@@H](C)O[C@@H](O[C@@H]2[C@@H](C)[C@H](O[C@H]3CC(C)N(C(C)C)C[C@H](C)O3)[C@@H](C)C(=O)O[C@H]([C@@H](C)CO[C@@H]3O[C@H](C)[C@@H](O)[C@@H](OC)[C@H]3OC)[C@H](C)[C@@H](OC(=O)CC(C)C)[C@@H](C)C(=O)[C@@](C)(OC(C)=O)C[C@@H]2C)[C@@H]1O. The van der Waals surface area contributed by atoms with Gasteiger partial charge in [0.1, 0.15) is 43.7 Å². The minimum absolute atomic E-state index is 0.0212. The average molecular weight is 1060 g/mol. The van der Waals surface area contributed by atoms with Crippen molar-refractivity contribution in [3.05, 3.63) is 0 Å². The fourth-order valence-electron chi connectivity index (χ4n) is 11.6. The number of hydrogen-bond donors (Lipinski definition) is 2. The quantitative estimate of drug-likeness (QED) is 0.108. The number of nitrogens with zero attached hydrogens (tertiary/aromatic N) is 2. The van der Waals surface area contributed by atoms with E-state index >= 15 is 9.59 Å². The molecule has 0 aromatic rings. The predicted octanol–water partition coefficient (Wildman–Crippen LogP) is 5.62. The van der Waals surface area contributed by atoms with Gasteiger partial charge in [0.05, 0.1) is 54.7 Å². The monoisotopic (exact) mass is 1060 g/mol. The molecule has 0 aromatic heterocycles. The number of hydrogen-bond acceptors (Lipinski definition) is 20. The summed E-state index contributed by atoms with van der Waals surface area (Å²) in [4.78, 5) is 65.2. The van der Waals surface area contributed by atoms with Crippen molar-refractivity contribution < 1.29 is 86.3 Å². The topological polar surface area (TPSA) is 235 Å². The molecule has 0 radical (unpaired) electrons. The number of esters is 3. The Morgan fingerprint density at radius 1 is 0.797 bits per heavy atom. The second-order valence-corrected chi connectivity index (χ2v) is 22.7. The van der Waals surface area contributed by atoms with Crippen molar-refractivity contribution in [1.82, 2.24) is 4.90 Å². The zero-order valence-corrected chi connectivity index (χ0v) is 47.8. The molecule has 22 atom stereocenters. The Balaban J connectivity index is 1.95. The number of carbonyl (C=O) groups is 4. The molecule has 0 aromatic carbocycles. The van der Waals surface area contributed by atoms with Crippen LogP contribution in [0, 0.1) is 41.4 Å². The Labute approximate surface area is 440 Å². The number of oxime groups is 1. The van der Waals surface area contributed by atoms with Crippen molar-refractivity contribution in [3.63, 3.8) is 0 Å². The van der Waals surface area contributed by atoms with Crippen LogP contribution in [-0.4, -0.2) is 183 Å². The van der Waals surface area contributed by atoms with Crippen LogP contribution in [0.4, 0.5) is 0 Å². The maximum absolute atomic E-state index is 15.4. The average Bonchev–Trinajstić information content (AvgIpc) is 3.46. The molecule has 0 amide bonds. The first kappa shape index (κ1) is 63.6. The highest BCUT2D eigenvalue weighted by atomic mass is 16.7. The van der Waals surface area contributed by atoms with E-state index in [1.807, 2.05) is 48.5 Å². The highest BCUT2D eigenvalue weighted by Gasteiger charge is 2.52. The van der Waals surface area contributed by atoms with Crippen LogP contribution < -0.4 is 0 Å². The summed E-state index contributed by atoms with van der Waals surface area (Å²) in [7, 11) is 4.30. The second kappa shape index (κ2) is 28.1. The van der Waals surface area contributed by atoms with E-state index in [2.05, 4.69) is 30.8 Å². The van der Waals surface area contributed by atoms with Crippen molar-refractivity contribution in [2.45, 2.75) is 240 Å². The van der Waals surface area contributed by atoms with Gasteiger partial charge in [-0.15, -0.1) is 0 Å². The number of aliphatic hydroxyl groups is 2. The van der Waals surface area contributed by atoms with E-state index < -0.39 is 145 Å². The summed E-state index contributed by atoms with van der Waals surface area (Å²) in [6.45, 7) is 29.5. The highest BCUT2D eigenvalue weighted by molar-refractivity contribution is 5.91. The Morgan fingerprint density at radius 3 is 2.03 bits per heavy atom. The molecule has 20 nitrogen and oxygen atoms in total. The van der Waals surface area contributed by atoms with Gasteiger partial charge >= 0.3 is 17.9 Å². The van der Waals surface area contributed by atoms with Crippen LogP contribution in [0.1, 0.15) is 136 Å². The summed E-state index contributed by atoms with van der Waals surface area (Å²) in [6, 6.07) is 0.233. The molecule has 0 saturated carbocycles. The number of Topliss-reactive ketones (excluding diaryl/α,β-unsaturated/α-hetero) is 1. The molecule has 428 valence electrons. The molecule has 20 heteroatoms. The molecule has 0 spiro atoms. The number of carbonyl (C=O) groups excluding carboxylic acids is 4. The first-order chi connectivity index (χ1) is 34.6. The molecule has 4 heterocycles. The standard InChI is InChI=1S/C54H94N2O18/c1-26(2)20-40(58)70-46-34(11)45(29(6)25-66-53-49(64-18)48(63-17)42(59)37(14)69-53)72-51(62)36(13)47(71-41-21-30(7)56(27(3)4)24-32(9)67-41)33(10)44(73-52-43(60)39(55-65-19)22-31(8)68-52)28(5)23-54(16,74-38(15)57)50(61)35(46)12/h26-37,41-49,52-53,59-60H,20-25H2,1-19H3/t28-,29-,30?,31+,32-,33+,34-,35+,36+,37+,41-,42+,43+,44-,45+,46+,47-,48+,49+,52-,53+,54-/m0/s1. The number of cyclic esters (lactones) is 1. The van der Waals surface area contributed by atoms with Gasteiger partial charge in [-0.25, -0.2) is 0 Å². The van der Waals surface area contributed by atoms with E-state index in [-0.39, 0.29) is 50.0 Å². The van der Waals surface area contributed by atoms with Gasteiger partial charge in [0.15, 0.2) is 30.3 Å². The third-order valence-corrected chi connectivity index (χ3v) is 15.4. The Morgan fingerprint density at radius 2 is 1.45 bits per heavy atom. The molecule has 4 aliphatic heterocycles. The maximum atomic E-state index is 15.4. The van der Waals surface area contributed by atoms with Crippen molar-refractivity contribution in [1.29, 1.82) is 0 Å². The third kappa shape index (κ3) is 16.1. The molecular formula is C54H94N2O18. The van der Waals surface area contributed by atoms with Crippen molar-refractivity contribution in [2.24, 2.45) is 46.6 Å². The zero-order chi connectivity index (χ0) is 55.7. The first-order valence-electron chi connectivity index (χ1n) is 26.9. The molecule has 0 aliphatic carbocycles. The molecule has 4 rings (SSSR count). The van der Waals surface area contributed by atoms with E-state index in [1.54, 1.807) is 34.6 Å². The van der Waals surface area contributed by atoms with Gasteiger partial charge in [0, 0.05) is 76.8 Å². The number of methoxy groups -OCH3 is 2. The molecular weight excluding hydrogens is 965 g/mol. The second-order valence-electron chi connectivity index (χ2n) is 22.7. The maximum Gasteiger partial charge on any atom is 0.311 e. The lowest BCUT2D eigenvalue weighted by Crippen LogP contribution is -2.59. The largest absolute Gasteiger partial charge is 0.461 e. The Kier molecular flexibility index (Phi) is 24.2. The van der Waals surface area contributed by atoms with Gasteiger partial charge in [-0.1, -0.05) is 53.6 Å². The van der Waals surface area contributed by atoms with Crippen LogP contribution >= 0.6 is 0 Å². The van der Waals surface area contributed by atoms with Crippen LogP contribution in [-0.2, 0) is 76.1 Å². The molecule has 2 N–H and O–H groups in total. The Hall–Kier alpha value is -2.89. The van der Waals surface area contributed by atoms with Crippen LogP contribution in [0.3, 0.4) is 0 Å². The van der Waals surface area contributed by atoms with E-state index in [0.29, 0.717) is 18.7 Å². The summed E-state index contributed by atoms with van der Waals surface area (Å²) < 4.78 is 69.9. The van der Waals surface area contributed by atoms with Crippen LogP contribution in [0.2, 0.25) is 0 Å². The first-order valence-corrected chi connectivity index (χ1v) is 26.9. The normalized spacial score (nSPS) is 41.5. The fraction of sp³-hybridized carbons (Fsp3) is 0.907. The third-order valence-electron chi connectivity index (χ3n) is 15.4. The van der Waals surface area contributed by atoms with E-state index in [9.17, 15) is 19.8 Å². The molecule has 4 fully saturated rings. The van der Waals surface area contributed by atoms with Gasteiger partial charge in [-0.3, -0.25) is 24.1 Å². The summed E-state index contributed by atoms with van der Waals surface area (Å²) in [6.07, 6.45) is -12.2. The lowest BCUT2D eigenvalue weighted by molar-refractivity contribution is -0.305. The number of ether oxygens (including phenoxy) is 11. The minimum Gasteiger partial charge on any atom is -0.461 e. The van der Waals surface area contributed by atoms with Crippen LogP contribution in [0.15, 0.2) is 5.16 Å². The predicted molar refractivity (Wildman–Crippen MR) is 271 cm³/mol. The molecule has 0 bridgehead atoms. The van der Waals surface area contributed by atoms with E-state index in [0.717, 1.165) is 0 Å². The van der Waals surface area contributed by atoms with Gasteiger partial charge in [0.25, 0.3) is 0 Å². The van der Waals surface area contributed by atoms with Gasteiger partial charge in [0.2, 0.25) is 0 Å². The smallest absolute Gasteiger partial charge is 0.311 e. The Bertz CT molecular complexity index is 1840.